The molecule has 0 radical (unpaired) electrons. The van der Waals surface area contributed by atoms with Crippen molar-refractivity contribution in [2.45, 2.75) is 15.5 Å². The molecule has 4 rings (SSSR count). The minimum atomic E-state index is -3.79. The molecule has 0 spiro atoms. The van der Waals surface area contributed by atoms with Crippen LogP contribution in [0.5, 0.6) is 0 Å². The fourth-order valence-corrected chi connectivity index (χ4v) is 6.66. The number of halogens is 1. The van der Waals surface area contributed by atoms with E-state index in [1.807, 2.05) is 35.7 Å². The fourth-order valence-electron chi connectivity index (χ4n) is 3.39. The van der Waals surface area contributed by atoms with Crippen molar-refractivity contribution < 1.29 is 17.6 Å². The third-order valence-electron chi connectivity index (χ3n) is 5.03. The second kappa shape index (κ2) is 9.52. The number of thiophene rings is 1. The molecule has 0 saturated carbocycles. The van der Waals surface area contributed by atoms with Crippen LogP contribution in [-0.2, 0) is 15.8 Å². The summed E-state index contributed by atoms with van der Waals surface area (Å²) in [5.41, 5.74) is 0.630. The van der Waals surface area contributed by atoms with Crippen LogP contribution in [0.2, 0.25) is 0 Å². The van der Waals surface area contributed by atoms with Gasteiger partial charge in [-0.3, -0.25) is 4.79 Å². The summed E-state index contributed by atoms with van der Waals surface area (Å²) in [6.45, 7) is 0.929. The summed E-state index contributed by atoms with van der Waals surface area (Å²) in [7, 11) is -3.79. The lowest BCUT2D eigenvalue weighted by molar-refractivity contribution is 0.0694. The normalized spacial score (nSPS) is 15.2. The van der Waals surface area contributed by atoms with Gasteiger partial charge in [0.15, 0.2) is 0 Å². The lowest BCUT2D eigenvalue weighted by atomic mass is 10.2. The first-order valence-electron chi connectivity index (χ1n) is 9.74. The third-order valence-corrected chi connectivity index (χ3v) is 9.10. The van der Waals surface area contributed by atoms with E-state index in [1.54, 1.807) is 28.0 Å². The number of thioether (sulfide) groups is 1. The van der Waals surface area contributed by atoms with Gasteiger partial charge in [-0.2, -0.15) is 4.31 Å². The Hall–Kier alpha value is -2.20. The zero-order valence-corrected chi connectivity index (χ0v) is 19.1. The Bertz CT molecular complexity index is 1160. The first kappa shape index (κ1) is 22.0. The molecule has 1 aliphatic rings. The molecule has 0 bridgehead atoms. The highest BCUT2D eigenvalue weighted by molar-refractivity contribution is 7.98. The van der Waals surface area contributed by atoms with Gasteiger partial charge in [0.05, 0.1) is 10.5 Å². The quantitative estimate of drug-likeness (QED) is 0.497. The Labute approximate surface area is 189 Å². The van der Waals surface area contributed by atoms with Crippen molar-refractivity contribution >= 4 is 39.0 Å². The average molecular weight is 477 g/mol. The average Bonchev–Trinajstić information content (AvgIpc) is 3.31. The first-order chi connectivity index (χ1) is 14.9. The lowest BCUT2D eigenvalue weighted by Crippen LogP contribution is -2.50. The number of amides is 1. The van der Waals surface area contributed by atoms with Crippen molar-refractivity contribution in [2.75, 3.05) is 26.2 Å². The molecule has 1 aromatic heterocycles. The molecule has 2 aromatic carbocycles. The number of nitrogens with zero attached hydrogens (tertiary/aromatic N) is 2. The molecule has 5 nitrogen and oxygen atoms in total. The molecule has 0 N–H and O–H groups in total. The summed E-state index contributed by atoms with van der Waals surface area (Å²) >= 11 is 3.31. The summed E-state index contributed by atoms with van der Waals surface area (Å²) in [6.07, 6.45) is 0. The van der Waals surface area contributed by atoms with E-state index in [0.29, 0.717) is 5.56 Å². The monoisotopic (exact) mass is 476 g/mol. The zero-order valence-electron chi connectivity index (χ0n) is 16.6. The van der Waals surface area contributed by atoms with Crippen molar-refractivity contribution in [3.8, 4) is 0 Å². The van der Waals surface area contributed by atoms with Crippen LogP contribution in [0, 0.1) is 5.82 Å². The molecule has 31 heavy (non-hydrogen) atoms. The summed E-state index contributed by atoms with van der Waals surface area (Å²) in [5, 5.41) is 2.03. The van der Waals surface area contributed by atoms with Crippen LogP contribution in [0.4, 0.5) is 4.39 Å². The minimum absolute atomic E-state index is 0.0670. The molecule has 1 aliphatic heterocycles. The molecule has 2 heterocycles. The van der Waals surface area contributed by atoms with Crippen LogP contribution in [0.25, 0.3) is 0 Å². The number of carbonyl (C=O) groups is 1. The number of benzene rings is 2. The Kier molecular flexibility index (Phi) is 6.76. The number of carbonyl (C=O) groups excluding carboxylic acids is 1. The predicted octanol–water partition coefficient (Wildman–Crippen LogP) is 4.33. The van der Waals surface area contributed by atoms with Crippen molar-refractivity contribution in [3.05, 3.63) is 82.3 Å². The van der Waals surface area contributed by atoms with Crippen molar-refractivity contribution in [2.24, 2.45) is 0 Å². The summed E-state index contributed by atoms with van der Waals surface area (Å²) in [5.74, 6) is 0.102. The summed E-state index contributed by atoms with van der Waals surface area (Å²) < 4.78 is 40.4. The standard InChI is InChI=1S/C22H21FN2O3S3/c23-17-5-3-7-19(15-17)31(27,28)25-12-10-24(11-13-25)22(26)20-8-1-2-9-21(20)30-16-18-6-4-14-29-18/h1-9,14-15H,10-13,16H2. The van der Waals surface area contributed by atoms with Crippen LogP contribution >= 0.6 is 23.1 Å². The van der Waals surface area contributed by atoms with Crippen LogP contribution in [0.3, 0.4) is 0 Å². The molecule has 0 unspecified atom stereocenters. The third kappa shape index (κ3) is 5.01. The predicted molar refractivity (Wildman–Crippen MR) is 121 cm³/mol. The largest absolute Gasteiger partial charge is 0.336 e. The molecule has 0 aliphatic carbocycles. The smallest absolute Gasteiger partial charge is 0.255 e. The van der Waals surface area contributed by atoms with Gasteiger partial charge in [0.2, 0.25) is 10.0 Å². The maximum Gasteiger partial charge on any atom is 0.255 e. The minimum Gasteiger partial charge on any atom is -0.336 e. The molecule has 162 valence electrons. The van der Waals surface area contributed by atoms with Gasteiger partial charge >= 0.3 is 0 Å². The maximum atomic E-state index is 13.5. The van der Waals surface area contributed by atoms with E-state index < -0.39 is 15.8 Å². The van der Waals surface area contributed by atoms with Crippen LogP contribution in [0.1, 0.15) is 15.2 Å². The van der Waals surface area contributed by atoms with E-state index in [0.717, 1.165) is 16.7 Å². The van der Waals surface area contributed by atoms with E-state index in [9.17, 15) is 17.6 Å². The van der Waals surface area contributed by atoms with E-state index in [2.05, 4.69) is 6.07 Å². The molecule has 0 atom stereocenters. The van der Waals surface area contributed by atoms with Gasteiger partial charge in [0.25, 0.3) is 5.91 Å². The fraction of sp³-hybridized carbons (Fsp3) is 0.227. The van der Waals surface area contributed by atoms with E-state index >= 15 is 0 Å². The van der Waals surface area contributed by atoms with Gasteiger partial charge < -0.3 is 4.90 Å². The highest BCUT2D eigenvalue weighted by Gasteiger charge is 2.31. The van der Waals surface area contributed by atoms with Crippen LogP contribution in [-0.4, -0.2) is 49.7 Å². The van der Waals surface area contributed by atoms with Gasteiger partial charge in [-0.05, 0) is 41.8 Å². The number of sulfonamides is 1. The Morgan fingerprint density at radius 1 is 1.00 bits per heavy atom. The van der Waals surface area contributed by atoms with Crippen molar-refractivity contribution in [1.29, 1.82) is 0 Å². The Morgan fingerprint density at radius 2 is 1.77 bits per heavy atom. The first-order valence-corrected chi connectivity index (χ1v) is 13.0. The molecular formula is C22H21FN2O3S3. The van der Waals surface area contributed by atoms with Gasteiger partial charge in [0.1, 0.15) is 5.82 Å². The number of hydrogen-bond acceptors (Lipinski definition) is 5. The van der Waals surface area contributed by atoms with Crippen LogP contribution < -0.4 is 0 Å². The molecular weight excluding hydrogens is 455 g/mol. The van der Waals surface area contributed by atoms with E-state index in [4.69, 9.17) is 0 Å². The maximum absolute atomic E-state index is 13.5. The number of rotatable bonds is 6. The SMILES string of the molecule is O=C(c1ccccc1SCc1cccs1)N1CCN(S(=O)(=O)c2cccc(F)c2)CC1. The molecule has 9 heteroatoms. The lowest BCUT2D eigenvalue weighted by Gasteiger charge is -2.34. The number of hydrogen-bond donors (Lipinski definition) is 0. The van der Waals surface area contributed by atoms with E-state index in [-0.39, 0.29) is 37.0 Å². The molecule has 1 saturated heterocycles. The topological polar surface area (TPSA) is 57.7 Å². The van der Waals surface area contributed by atoms with E-state index in [1.165, 1.54) is 27.4 Å². The second-order valence-corrected chi connectivity index (χ2v) is 11.0. The molecule has 3 aromatic rings. The van der Waals surface area contributed by atoms with Crippen molar-refractivity contribution in [3.63, 3.8) is 0 Å². The van der Waals surface area contributed by atoms with Crippen LogP contribution in [0.15, 0.2) is 75.8 Å². The summed E-state index contributed by atoms with van der Waals surface area (Å²) in [4.78, 5) is 16.9. The van der Waals surface area contributed by atoms with Gasteiger partial charge in [0, 0.05) is 41.7 Å². The summed E-state index contributed by atoms with van der Waals surface area (Å²) in [6, 6.07) is 16.6. The van der Waals surface area contributed by atoms with Gasteiger partial charge in [-0.1, -0.05) is 24.3 Å². The zero-order chi connectivity index (χ0) is 21.8. The Morgan fingerprint density at radius 3 is 2.48 bits per heavy atom. The Balaban J connectivity index is 1.43. The second-order valence-electron chi connectivity index (χ2n) is 7.02. The highest BCUT2D eigenvalue weighted by atomic mass is 32.2. The van der Waals surface area contributed by atoms with Crippen molar-refractivity contribution in [1.82, 2.24) is 9.21 Å². The highest BCUT2D eigenvalue weighted by Crippen LogP contribution is 2.29. The molecule has 1 amide bonds. The van der Waals surface area contributed by atoms with Gasteiger partial charge in [-0.25, -0.2) is 12.8 Å². The number of piperazine rings is 1. The van der Waals surface area contributed by atoms with Gasteiger partial charge in [-0.15, -0.1) is 23.1 Å². The molecule has 1 fully saturated rings.